The van der Waals surface area contributed by atoms with E-state index in [9.17, 15) is 9.59 Å². The van der Waals surface area contributed by atoms with Crippen molar-refractivity contribution in [2.45, 2.75) is 77.6 Å². The van der Waals surface area contributed by atoms with Gasteiger partial charge in [0.25, 0.3) is 0 Å². The highest BCUT2D eigenvalue weighted by atomic mass is 16.5. The standard InChI is InChI=1S/C22H34O4/c1-3-4-5-6-7-8-9-10-11-12-13-18-26-22(24)20-16-14-19(15-17-20)21(23)25-2/h14-17H,3-13,18H2,1-2H3. The van der Waals surface area contributed by atoms with Crippen LogP contribution in [-0.2, 0) is 9.47 Å². The van der Waals surface area contributed by atoms with Crippen LogP contribution in [0.4, 0.5) is 0 Å². The Balaban J connectivity index is 2.02. The Morgan fingerprint density at radius 3 is 1.58 bits per heavy atom. The number of rotatable bonds is 14. The van der Waals surface area contributed by atoms with E-state index >= 15 is 0 Å². The molecule has 0 atom stereocenters. The van der Waals surface area contributed by atoms with Crippen molar-refractivity contribution >= 4 is 11.9 Å². The zero-order valence-corrected chi connectivity index (χ0v) is 16.4. The molecule has 1 aromatic rings. The van der Waals surface area contributed by atoms with Crippen molar-refractivity contribution in [1.82, 2.24) is 0 Å². The summed E-state index contributed by atoms with van der Waals surface area (Å²) in [4.78, 5) is 23.3. The number of hydrogen-bond acceptors (Lipinski definition) is 4. The molecule has 26 heavy (non-hydrogen) atoms. The first-order valence-electron chi connectivity index (χ1n) is 10.0. The molecule has 0 aromatic heterocycles. The lowest BCUT2D eigenvalue weighted by molar-refractivity contribution is 0.0495. The second-order valence-corrected chi connectivity index (χ2v) is 6.74. The number of carbonyl (C=O) groups excluding carboxylic acids is 2. The van der Waals surface area contributed by atoms with E-state index in [1.165, 1.54) is 64.9 Å². The minimum Gasteiger partial charge on any atom is -0.465 e. The fourth-order valence-electron chi connectivity index (χ4n) is 2.87. The van der Waals surface area contributed by atoms with Gasteiger partial charge in [-0.25, -0.2) is 9.59 Å². The van der Waals surface area contributed by atoms with Crippen LogP contribution in [0.3, 0.4) is 0 Å². The maximum absolute atomic E-state index is 11.9. The third kappa shape index (κ3) is 9.59. The Hall–Kier alpha value is -1.84. The van der Waals surface area contributed by atoms with Gasteiger partial charge < -0.3 is 9.47 Å². The molecule has 0 aliphatic rings. The summed E-state index contributed by atoms with van der Waals surface area (Å²) in [6.45, 7) is 2.70. The fourth-order valence-corrected chi connectivity index (χ4v) is 2.87. The Morgan fingerprint density at radius 1 is 0.692 bits per heavy atom. The minimum absolute atomic E-state index is 0.339. The van der Waals surface area contributed by atoms with Crippen LogP contribution in [0.25, 0.3) is 0 Å². The number of unbranched alkanes of at least 4 members (excludes halogenated alkanes) is 10. The molecule has 0 heterocycles. The van der Waals surface area contributed by atoms with E-state index in [2.05, 4.69) is 11.7 Å². The van der Waals surface area contributed by atoms with Crippen molar-refractivity contribution in [3.8, 4) is 0 Å². The lowest BCUT2D eigenvalue weighted by Gasteiger charge is -2.06. The molecule has 4 nitrogen and oxygen atoms in total. The van der Waals surface area contributed by atoms with Gasteiger partial charge in [-0.3, -0.25) is 0 Å². The van der Waals surface area contributed by atoms with E-state index < -0.39 is 5.97 Å². The number of methoxy groups -OCH3 is 1. The van der Waals surface area contributed by atoms with Crippen molar-refractivity contribution < 1.29 is 19.1 Å². The lowest BCUT2D eigenvalue weighted by atomic mass is 10.1. The Kier molecular flexibility index (Phi) is 12.2. The van der Waals surface area contributed by atoms with Gasteiger partial charge in [0.1, 0.15) is 0 Å². The largest absolute Gasteiger partial charge is 0.465 e. The van der Waals surface area contributed by atoms with Gasteiger partial charge in [-0.1, -0.05) is 71.1 Å². The summed E-state index contributed by atoms with van der Waals surface area (Å²) in [6.07, 6.45) is 14.0. The molecule has 0 unspecified atom stereocenters. The molecule has 0 saturated heterocycles. The predicted molar refractivity (Wildman–Crippen MR) is 105 cm³/mol. The molecular weight excluding hydrogens is 328 g/mol. The first-order valence-corrected chi connectivity index (χ1v) is 10.0. The van der Waals surface area contributed by atoms with Crippen LogP contribution in [-0.4, -0.2) is 25.7 Å². The first-order chi connectivity index (χ1) is 12.7. The average Bonchev–Trinajstić information content (AvgIpc) is 2.68. The molecule has 0 bridgehead atoms. The van der Waals surface area contributed by atoms with Crippen LogP contribution in [0.15, 0.2) is 24.3 Å². The summed E-state index contributed by atoms with van der Waals surface area (Å²) in [5, 5.41) is 0. The molecular formula is C22H34O4. The van der Waals surface area contributed by atoms with Crippen molar-refractivity contribution in [2.24, 2.45) is 0 Å². The van der Waals surface area contributed by atoms with Crippen molar-refractivity contribution in [3.63, 3.8) is 0 Å². The summed E-state index contributed by atoms with van der Waals surface area (Å²) in [5.41, 5.74) is 0.884. The van der Waals surface area contributed by atoms with E-state index in [1.54, 1.807) is 24.3 Å². The molecule has 0 fully saturated rings. The minimum atomic E-state index is -0.411. The normalized spacial score (nSPS) is 10.5. The predicted octanol–water partition coefficient (Wildman–Crippen LogP) is 5.94. The van der Waals surface area contributed by atoms with Crippen LogP contribution < -0.4 is 0 Å². The average molecular weight is 363 g/mol. The van der Waals surface area contributed by atoms with Gasteiger partial charge in [0.05, 0.1) is 24.8 Å². The van der Waals surface area contributed by atoms with Gasteiger partial charge in [0.15, 0.2) is 0 Å². The second-order valence-electron chi connectivity index (χ2n) is 6.74. The topological polar surface area (TPSA) is 52.6 Å². The molecule has 0 aliphatic heterocycles. The maximum Gasteiger partial charge on any atom is 0.338 e. The van der Waals surface area contributed by atoms with E-state index in [0.29, 0.717) is 17.7 Å². The molecule has 4 heteroatoms. The summed E-state index contributed by atoms with van der Waals surface area (Å²) < 4.78 is 9.91. The summed E-state index contributed by atoms with van der Waals surface area (Å²) in [5.74, 6) is -0.751. The first kappa shape index (κ1) is 22.2. The summed E-state index contributed by atoms with van der Waals surface area (Å²) >= 11 is 0. The van der Waals surface area contributed by atoms with E-state index in [-0.39, 0.29) is 5.97 Å². The molecule has 0 amide bonds. The zero-order valence-electron chi connectivity index (χ0n) is 16.4. The van der Waals surface area contributed by atoms with Gasteiger partial charge in [0, 0.05) is 0 Å². The molecule has 1 rings (SSSR count). The third-order valence-electron chi connectivity index (χ3n) is 4.52. The highest BCUT2D eigenvalue weighted by molar-refractivity contribution is 5.93. The third-order valence-corrected chi connectivity index (χ3v) is 4.52. The molecule has 1 aromatic carbocycles. The number of hydrogen-bond donors (Lipinski definition) is 0. The van der Waals surface area contributed by atoms with Gasteiger partial charge in [-0.15, -0.1) is 0 Å². The number of esters is 2. The SMILES string of the molecule is CCCCCCCCCCCCCOC(=O)c1ccc(C(=O)OC)cc1. The molecule has 0 saturated carbocycles. The molecule has 0 radical (unpaired) electrons. The van der Waals surface area contributed by atoms with Gasteiger partial charge in [0.2, 0.25) is 0 Å². The molecule has 146 valence electrons. The highest BCUT2D eigenvalue weighted by Crippen LogP contribution is 2.12. The van der Waals surface area contributed by atoms with Crippen molar-refractivity contribution in [3.05, 3.63) is 35.4 Å². The van der Waals surface area contributed by atoms with Crippen molar-refractivity contribution in [2.75, 3.05) is 13.7 Å². The van der Waals surface area contributed by atoms with Crippen molar-refractivity contribution in [1.29, 1.82) is 0 Å². The Labute approximate surface area is 158 Å². The molecule has 0 aliphatic carbocycles. The van der Waals surface area contributed by atoms with E-state index in [4.69, 9.17) is 4.74 Å². The summed E-state index contributed by atoms with van der Waals surface area (Å²) in [6, 6.07) is 6.33. The molecule has 0 spiro atoms. The van der Waals surface area contributed by atoms with Gasteiger partial charge in [-0.05, 0) is 30.7 Å². The number of carbonyl (C=O) groups is 2. The Bertz CT molecular complexity index is 507. The van der Waals surface area contributed by atoms with Crippen LogP contribution in [0.5, 0.6) is 0 Å². The van der Waals surface area contributed by atoms with E-state index in [0.717, 1.165) is 12.8 Å². The van der Waals surface area contributed by atoms with E-state index in [1.807, 2.05) is 0 Å². The smallest absolute Gasteiger partial charge is 0.338 e. The quantitative estimate of drug-likeness (QED) is 0.303. The van der Waals surface area contributed by atoms with Crippen LogP contribution in [0.1, 0.15) is 98.3 Å². The second kappa shape index (κ2) is 14.3. The maximum atomic E-state index is 11.9. The van der Waals surface area contributed by atoms with Gasteiger partial charge in [-0.2, -0.15) is 0 Å². The Morgan fingerprint density at radius 2 is 1.12 bits per heavy atom. The van der Waals surface area contributed by atoms with Gasteiger partial charge >= 0.3 is 11.9 Å². The monoisotopic (exact) mass is 362 g/mol. The van der Waals surface area contributed by atoms with Crippen LogP contribution in [0, 0.1) is 0 Å². The number of benzene rings is 1. The lowest BCUT2D eigenvalue weighted by Crippen LogP contribution is -2.07. The fraction of sp³-hybridized carbons (Fsp3) is 0.636. The molecule has 0 N–H and O–H groups in total. The summed E-state index contributed by atoms with van der Waals surface area (Å²) in [7, 11) is 1.33. The van der Waals surface area contributed by atoms with Crippen LogP contribution in [0.2, 0.25) is 0 Å². The number of ether oxygens (including phenoxy) is 2. The van der Waals surface area contributed by atoms with Crippen LogP contribution >= 0.6 is 0 Å². The highest BCUT2D eigenvalue weighted by Gasteiger charge is 2.09. The zero-order chi connectivity index (χ0) is 19.0.